The van der Waals surface area contributed by atoms with Crippen molar-refractivity contribution in [2.24, 2.45) is 0 Å². The predicted octanol–water partition coefficient (Wildman–Crippen LogP) is 5.70. The molecule has 12 heteroatoms. The Morgan fingerprint density at radius 1 is 0.975 bits per heavy atom. The molecule has 40 heavy (non-hydrogen) atoms. The highest BCUT2D eigenvalue weighted by Crippen LogP contribution is 2.36. The van der Waals surface area contributed by atoms with Crippen molar-refractivity contribution in [1.29, 1.82) is 0 Å². The average molecular weight is 553 g/mol. The van der Waals surface area contributed by atoms with Crippen molar-refractivity contribution in [2.75, 3.05) is 10.2 Å². The van der Waals surface area contributed by atoms with Crippen molar-refractivity contribution in [3.05, 3.63) is 100 Å². The predicted molar refractivity (Wildman–Crippen MR) is 141 cm³/mol. The molecular formula is C28H23F3N4O5. The smallest absolute Gasteiger partial charge is 0.272 e. The van der Waals surface area contributed by atoms with Crippen LogP contribution >= 0.6 is 0 Å². The molecule has 4 rings (SSSR count). The molecule has 0 unspecified atom stereocenters. The number of hydrogen-bond donors (Lipinski definition) is 2. The van der Waals surface area contributed by atoms with Gasteiger partial charge in [-0.25, -0.2) is 18.2 Å². The lowest BCUT2D eigenvalue weighted by Crippen LogP contribution is -2.33. The van der Waals surface area contributed by atoms with Gasteiger partial charge in [0.1, 0.15) is 28.7 Å². The van der Waals surface area contributed by atoms with Gasteiger partial charge >= 0.3 is 0 Å². The monoisotopic (exact) mass is 552 g/mol. The van der Waals surface area contributed by atoms with E-state index in [1.807, 2.05) is 0 Å². The Balaban J connectivity index is 1.80. The number of aromatic nitrogens is 2. The summed E-state index contributed by atoms with van der Waals surface area (Å²) in [5, 5.41) is 2.44. The van der Waals surface area contributed by atoms with E-state index in [0.29, 0.717) is 12.1 Å². The number of halogens is 3. The first-order valence-electron chi connectivity index (χ1n) is 11.9. The second-order valence-electron chi connectivity index (χ2n) is 8.72. The number of carbonyl (C=O) groups excluding carboxylic acids is 2. The number of aromatic amines is 1. The summed E-state index contributed by atoms with van der Waals surface area (Å²) < 4.78 is 55.6. The lowest BCUT2D eigenvalue weighted by Gasteiger charge is -2.25. The number of nitrogens with zero attached hydrogens (tertiary/aromatic N) is 2. The lowest BCUT2D eigenvalue weighted by molar-refractivity contribution is -0.114. The minimum absolute atomic E-state index is 0.0440. The Hall–Kier alpha value is -5.13. The van der Waals surface area contributed by atoms with Crippen LogP contribution in [0.25, 0.3) is 0 Å². The van der Waals surface area contributed by atoms with Crippen LogP contribution in [0, 0.1) is 17.5 Å². The van der Waals surface area contributed by atoms with Crippen LogP contribution in [-0.2, 0) is 4.79 Å². The molecule has 206 valence electrons. The first kappa shape index (κ1) is 27.9. The number of pyridine rings is 2. The van der Waals surface area contributed by atoms with Crippen LogP contribution < -0.4 is 25.2 Å². The van der Waals surface area contributed by atoms with Crippen LogP contribution in [0.2, 0.25) is 0 Å². The van der Waals surface area contributed by atoms with Crippen LogP contribution in [0.4, 0.5) is 30.4 Å². The quantitative estimate of drug-likeness (QED) is 0.290. The third-order valence-corrected chi connectivity index (χ3v) is 5.29. The zero-order valence-corrected chi connectivity index (χ0v) is 21.5. The summed E-state index contributed by atoms with van der Waals surface area (Å²) in [6.07, 6.45) is 2.16. The number of H-pyrrole nitrogens is 1. The van der Waals surface area contributed by atoms with Gasteiger partial charge in [0, 0.05) is 43.2 Å². The van der Waals surface area contributed by atoms with Gasteiger partial charge in [0.2, 0.25) is 5.91 Å². The van der Waals surface area contributed by atoms with E-state index >= 15 is 8.78 Å². The number of anilines is 3. The minimum Gasteiger partial charge on any atom is -0.490 e. The summed E-state index contributed by atoms with van der Waals surface area (Å²) in [7, 11) is 0. The lowest BCUT2D eigenvalue weighted by atomic mass is 10.1. The Morgan fingerprint density at radius 3 is 2.38 bits per heavy atom. The second kappa shape index (κ2) is 11.7. The molecule has 2 amide bonds. The molecule has 0 spiro atoms. The van der Waals surface area contributed by atoms with E-state index in [1.165, 1.54) is 49.6 Å². The molecular weight excluding hydrogens is 529 g/mol. The number of rotatable bonds is 8. The van der Waals surface area contributed by atoms with Crippen LogP contribution in [0.5, 0.6) is 17.2 Å². The molecule has 9 nitrogen and oxygen atoms in total. The maximum Gasteiger partial charge on any atom is 0.272 e. The molecule has 0 saturated carbocycles. The first-order chi connectivity index (χ1) is 19.0. The standard InChI is InChI=1S/C28H23F3N4O5/c1-15(2)39-23-9-11-33-27(37)26(23)28(38)35(18-6-4-17(29)5-7-18)22-13-21(31)24(14-20(22)30)40-19-8-10-32-25(12-19)34-16(3)36/h4-15H,1-3H3,(H,33,37)(H,32,34,36). The van der Waals surface area contributed by atoms with Crippen molar-refractivity contribution < 1.29 is 32.2 Å². The zero-order chi connectivity index (χ0) is 29.0. The van der Waals surface area contributed by atoms with Crippen LogP contribution in [-0.4, -0.2) is 27.9 Å². The highest BCUT2D eigenvalue weighted by atomic mass is 19.1. The van der Waals surface area contributed by atoms with Crippen molar-refractivity contribution in [2.45, 2.75) is 26.9 Å². The summed E-state index contributed by atoms with van der Waals surface area (Å²) in [6.45, 7) is 4.64. The molecule has 0 bridgehead atoms. The van der Waals surface area contributed by atoms with E-state index in [9.17, 15) is 18.8 Å². The number of amides is 2. The number of nitrogens with one attached hydrogen (secondary N) is 2. The number of benzene rings is 2. The molecule has 0 radical (unpaired) electrons. The largest absolute Gasteiger partial charge is 0.490 e. The Labute approximate surface area is 226 Å². The van der Waals surface area contributed by atoms with E-state index < -0.39 is 57.9 Å². The summed E-state index contributed by atoms with van der Waals surface area (Å²) in [4.78, 5) is 44.8. The molecule has 2 aromatic heterocycles. The van der Waals surface area contributed by atoms with E-state index in [2.05, 4.69) is 15.3 Å². The first-order valence-corrected chi connectivity index (χ1v) is 11.9. The van der Waals surface area contributed by atoms with Crippen molar-refractivity contribution >= 4 is 29.0 Å². The number of carbonyl (C=O) groups is 2. The van der Waals surface area contributed by atoms with Crippen LogP contribution in [0.1, 0.15) is 31.1 Å². The van der Waals surface area contributed by atoms with Gasteiger partial charge in [0.05, 0.1) is 11.8 Å². The molecule has 4 aromatic rings. The van der Waals surface area contributed by atoms with Gasteiger partial charge in [-0.3, -0.25) is 19.3 Å². The minimum atomic E-state index is -1.09. The highest BCUT2D eigenvalue weighted by molar-refractivity contribution is 6.12. The topological polar surface area (TPSA) is 114 Å². The van der Waals surface area contributed by atoms with Gasteiger partial charge in [0.15, 0.2) is 17.4 Å². The molecule has 0 aliphatic carbocycles. The van der Waals surface area contributed by atoms with E-state index in [0.717, 1.165) is 17.0 Å². The zero-order valence-electron chi connectivity index (χ0n) is 21.5. The van der Waals surface area contributed by atoms with E-state index in [-0.39, 0.29) is 23.0 Å². The SMILES string of the molecule is CC(=O)Nc1cc(Oc2cc(F)c(N(C(=O)c3c(OC(C)C)cc[nH]c3=O)c3ccc(F)cc3)cc2F)ccn1. The van der Waals surface area contributed by atoms with Crippen LogP contribution in [0.3, 0.4) is 0 Å². The van der Waals surface area contributed by atoms with Gasteiger partial charge < -0.3 is 19.8 Å². The highest BCUT2D eigenvalue weighted by Gasteiger charge is 2.29. The van der Waals surface area contributed by atoms with Gasteiger partial charge in [-0.05, 0) is 50.2 Å². The molecule has 0 aliphatic heterocycles. The van der Waals surface area contributed by atoms with Gasteiger partial charge in [0.25, 0.3) is 11.5 Å². The second-order valence-corrected chi connectivity index (χ2v) is 8.72. The Bertz CT molecular complexity index is 1620. The van der Waals surface area contributed by atoms with Gasteiger partial charge in [-0.15, -0.1) is 0 Å². The fourth-order valence-corrected chi connectivity index (χ4v) is 3.70. The van der Waals surface area contributed by atoms with Crippen LogP contribution in [0.15, 0.2) is 71.8 Å². The Kier molecular flexibility index (Phi) is 8.18. The third kappa shape index (κ3) is 6.29. The van der Waals surface area contributed by atoms with E-state index in [1.54, 1.807) is 13.8 Å². The van der Waals surface area contributed by atoms with Crippen molar-refractivity contribution in [3.8, 4) is 17.2 Å². The normalized spacial score (nSPS) is 10.8. The molecule has 2 N–H and O–H groups in total. The fraction of sp³-hybridized carbons (Fsp3) is 0.143. The molecule has 0 saturated heterocycles. The summed E-state index contributed by atoms with van der Waals surface area (Å²) in [5.41, 5.74) is -1.92. The fourth-order valence-electron chi connectivity index (χ4n) is 3.70. The summed E-state index contributed by atoms with van der Waals surface area (Å²) >= 11 is 0. The molecule has 0 fully saturated rings. The molecule has 0 atom stereocenters. The maximum atomic E-state index is 15.6. The number of hydrogen-bond acceptors (Lipinski definition) is 6. The Morgan fingerprint density at radius 2 is 1.70 bits per heavy atom. The molecule has 0 aliphatic rings. The summed E-state index contributed by atoms with van der Waals surface area (Å²) in [6, 6.07) is 9.86. The maximum absolute atomic E-state index is 15.6. The van der Waals surface area contributed by atoms with Crippen molar-refractivity contribution in [1.82, 2.24) is 9.97 Å². The van der Waals surface area contributed by atoms with Crippen molar-refractivity contribution in [3.63, 3.8) is 0 Å². The van der Waals surface area contributed by atoms with E-state index in [4.69, 9.17) is 9.47 Å². The molecule has 2 heterocycles. The van der Waals surface area contributed by atoms with Gasteiger partial charge in [-0.2, -0.15) is 0 Å². The average Bonchev–Trinajstić information content (AvgIpc) is 2.87. The third-order valence-electron chi connectivity index (χ3n) is 5.29. The van der Waals surface area contributed by atoms with Gasteiger partial charge in [-0.1, -0.05) is 0 Å². The molecule has 2 aromatic carbocycles. The summed E-state index contributed by atoms with van der Waals surface area (Å²) in [5.74, 6) is -4.67. The number of ether oxygens (including phenoxy) is 2.